The molecule has 2 aliphatic carbocycles. The fourth-order valence-corrected chi connectivity index (χ4v) is 6.11. The van der Waals surface area contributed by atoms with Crippen LogP contribution in [0.3, 0.4) is 0 Å². The van der Waals surface area contributed by atoms with Crippen LogP contribution in [0.5, 0.6) is 0 Å². The molecule has 74 valence electrons. The fraction of sp³-hybridized carbons (Fsp3) is 0.333. The molecule has 0 spiro atoms. The molecular formula is C12H14ClV. The van der Waals surface area contributed by atoms with E-state index in [1.54, 1.807) is 8.57 Å². The van der Waals surface area contributed by atoms with E-state index in [4.69, 9.17) is 11.6 Å². The molecule has 0 N–H and O–H groups in total. The van der Waals surface area contributed by atoms with Crippen LogP contribution in [0, 0.1) is 0 Å². The molecule has 0 aromatic heterocycles. The standard InChI is InChI=1S/2C5H5.C2H4Cl.V/c2*1-2-4-5-3-1;1-2-3;/h2*1-3H,4H2;1-2H2;. The van der Waals surface area contributed by atoms with Gasteiger partial charge < -0.3 is 0 Å². The van der Waals surface area contributed by atoms with E-state index in [1.807, 2.05) is 0 Å². The van der Waals surface area contributed by atoms with E-state index in [9.17, 15) is 0 Å². The molecule has 14 heavy (non-hydrogen) atoms. The first kappa shape index (κ1) is 10.4. The van der Waals surface area contributed by atoms with Crippen LogP contribution in [0.1, 0.15) is 12.8 Å². The minimum atomic E-state index is -0.946. The normalized spacial score (nSPS) is 19.3. The van der Waals surface area contributed by atoms with Crippen LogP contribution in [0.4, 0.5) is 0 Å². The first-order chi connectivity index (χ1) is 6.92. The third-order valence-corrected chi connectivity index (χ3v) is 7.37. The zero-order chi connectivity index (χ0) is 9.80. The average molecular weight is 245 g/mol. The van der Waals surface area contributed by atoms with Crippen LogP contribution in [0.2, 0.25) is 5.13 Å². The molecule has 0 nitrogen and oxygen atoms in total. The van der Waals surface area contributed by atoms with Gasteiger partial charge in [0, 0.05) is 0 Å². The first-order valence-corrected chi connectivity index (χ1v) is 7.88. The van der Waals surface area contributed by atoms with Crippen LogP contribution in [-0.2, 0) is 15.2 Å². The number of allylic oxidation sites excluding steroid dienone is 8. The van der Waals surface area contributed by atoms with Crippen molar-refractivity contribution in [2.24, 2.45) is 0 Å². The van der Waals surface area contributed by atoms with Gasteiger partial charge in [0.2, 0.25) is 0 Å². The molecule has 0 bridgehead atoms. The van der Waals surface area contributed by atoms with Gasteiger partial charge in [-0.05, 0) is 0 Å². The molecule has 2 heteroatoms. The number of halogens is 1. The Balaban J connectivity index is 2.07. The van der Waals surface area contributed by atoms with Gasteiger partial charge in [0.15, 0.2) is 0 Å². The number of alkyl halides is 1. The summed E-state index contributed by atoms with van der Waals surface area (Å²) in [5.41, 5.74) is 0. The quantitative estimate of drug-likeness (QED) is 0.657. The number of hydrogen-bond acceptors (Lipinski definition) is 0. The Morgan fingerprint density at radius 3 is 2.00 bits per heavy atom. The van der Waals surface area contributed by atoms with Gasteiger partial charge in [-0.2, -0.15) is 0 Å². The second kappa shape index (κ2) is 5.07. The Kier molecular flexibility index (Phi) is 3.75. The van der Waals surface area contributed by atoms with Crippen molar-refractivity contribution in [3.8, 4) is 0 Å². The zero-order valence-electron chi connectivity index (χ0n) is 8.12. The first-order valence-electron chi connectivity index (χ1n) is 4.96. The number of rotatable bonds is 4. The van der Waals surface area contributed by atoms with Crippen molar-refractivity contribution in [1.82, 2.24) is 0 Å². The third-order valence-electron chi connectivity index (χ3n) is 2.50. The van der Waals surface area contributed by atoms with Gasteiger partial charge in [-0.1, -0.05) is 0 Å². The molecule has 0 aromatic carbocycles. The van der Waals surface area contributed by atoms with Crippen molar-refractivity contribution >= 4 is 11.6 Å². The van der Waals surface area contributed by atoms with Gasteiger partial charge in [0.1, 0.15) is 0 Å². The summed E-state index contributed by atoms with van der Waals surface area (Å²) >= 11 is 4.95. The van der Waals surface area contributed by atoms with Crippen LogP contribution in [0.15, 0.2) is 45.0 Å². The van der Waals surface area contributed by atoms with Gasteiger partial charge >= 0.3 is 95.6 Å². The summed E-state index contributed by atoms with van der Waals surface area (Å²) in [5.74, 6) is 0.814. The van der Waals surface area contributed by atoms with Gasteiger partial charge in [0.05, 0.1) is 0 Å². The molecule has 0 saturated carbocycles. The summed E-state index contributed by atoms with van der Waals surface area (Å²) in [6.45, 7) is 0. The maximum absolute atomic E-state index is 5.89. The second-order valence-corrected chi connectivity index (χ2v) is 7.63. The van der Waals surface area contributed by atoms with E-state index in [0.29, 0.717) is 0 Å². The molecule has 0 saturated heterocycles. The zero-order valence-corrected chi connectivity index (χ0v) is 10.3. The van der Waals surface area contributed by atoms with E-state index < -0.39 is 15.2 Å². The van der Waals surface area contributed by atoms with Crippen molar-refractivity contribution in [3.05, 3.63) is 45.0 Å². The second-order valence-electron chi connectivity index (χ2n) is 3.42. The summed E-state index contributed by atoms with van der Waals surface area (Å²) < 4.78 is 3.35. The summed E-state index contributed by atoms with van der Waals surface area (Å²) in [6, 6.07) is 0. The minimum absolute atomic E-state index is 0.814. The Hall–Kier alpha value is -0.166. The fourth-order valence-electron chi connectivity index (χ4n) is 1.83. The van der Waals surface area contributed by atoms with Crippen LogP contribution < -0.4 is 0 Å². The van der Waals surface area contributed by atoms with E-state index in [1.165, 1.54) is 18.0 Å². The van der Waals surface area contributed by atoms with Crippen molar-refractivity contribution in [2.75, 3.05) is 5.88 Å². The molecule has 0 radical (unpaired) electrons. The van der Waals surface area contributed by atoms with Gasteiger partial charge in [-0.3, -0.25) is 0 Å². The topological polar surface area (TPSA) is 0 Å². The predicted molar refractivity (Wildman–Crippen MR) is 59.2 cm³/mol. The van der Waals surface area contributed by atoms with Crippen molar-refractivity contribution < 1.29 is 15.2 Å². The van der Waals surface area contributed by atoms with Crippen molar-refractivity contribution in [1.29, 1.82) is 0 Å². The van der Waals surface area contributed by atoms with Gasteiger partial charge in [-0.15, -0.1) is 0 Å². The van der Waals surface area contributed by atoms with Crippen LogP contribution in [-0.4, -0.2) is 5.88 Å². The molecule has 2 aliphatic rings. The van der Waals surface area contributed by atoms with Gasteiger partial charge in [-0.25, -0.2) is 0 Å². The van der Waals surface area contributed by atoms with Crippen LogP contribution >= 0.6 is 11.6 Å². The van der Waals surface area contributed by atoms with E-state index in [0.717, 1.165) is 5.88 Å². The Morgan fingerprint density at radius 2 is 1.64 bits per heavy atom. The molecule has 0 fully saturated rings. The molecule has 0 heterocycles. The molecule has 0 atom stereocenters. The molecule has 0 aromatic rings. The monoisotopic (exact) mass is 244 g/mol. The summed E-state index contributed by atoms with van der Waals surface area (Å²) in [6.07, 6.45) is 15.9. The average Bonchev–Trinajstić information content (AvgIpc) is 2.87. The summed E-state index contributed by atoms with van der Waals surface area (Å²) in [7, 11) is 0. The van der Waals surface area contributed by atoms with Crippen molar-refractivity contribution in [3.63, 3.8) is 0 Å². The Labute approximate surface area is 95.5 Å². The maximum atomic E-state index is 5.89. The molecule has 0 unspecified atom stereocenters. The SMILES string of the molecule is ClC[CH2][V]([C]1=CC=CC1)[C]1=CC=CC1. The van der Waals surface area contributed by atoms with Crippen LogP contribution in [0.25, 0.3) is 0 Å². The van der Waals surface area contributed by atoms with Gasteiger partial charge in [0.25, 0.3) is 0 Å². The molecule has 0 amide bonds. The molecular weight excluding hydrogens is 231 g/mol. The Bertz CT molecular complexity index is 293. The van der Waals surface area contributed by atoms with Crippen molar-refractivity contribution in [2.45, 2.75) is 18.0 Å². The summed E-state index contributed by atoms with van der Waals surface area (Å²) in [4.78, 5) is 0. The molecule has 0 aliphatic heterocycles. The molecule has 2 rings (SSSR count). The summed E-state index contributed by atoms with van der Waals surface area (Å²) in [5, 5.41) is 1.22. The number of hydrogen-bond donors (Lipinski definition) is 0. The third kappa shape index (κ3) is 2.25. The predicted octanol–water partition coefficient (Wildman–Crippen LogP) is 3.95. The Morgan fingerprint density at radius 1 is 1.07 bits per heavy atom. The van der Waals surface area contributed by atoms with E-state index >= 15 is 0 Å². The van der Waals surface area contributed by atoms with E-state index in [-0.39, 0.29) is 0 Å². The van der Waals surface area contributed by atoms with E-state index in [2.05, 4.69) is 36.5 Å².